The van der Waals surface area contributed by atoms with Gasteiger partial charge in [-0.2, -0.15) is 0 Å². The van der Waals surface area contributed by atoms with E-state index in [1.54, 1.807) is 7.11 Å². The van der Waals surface area contributed by atoms with Gasteiger partial charge in [-0.25, -0.2) is 0 Å². The Balaban J connectivity index is 1.81. The minimum absolute atomic E-state index is 0.00526. The maximum atomic E-state index is 11.8. The van der Waals surface area contributed by atoms with Crippen LogP contribution in [-0.4, -0.2) is 23.8 Å². The molecular formula is C17H19Br2NO3. The summed E-state index contributed by atoms with van der Waals surface area (Å²) in [5.74, 6) is 1.58. The lowest BCUT2D eigenvalue weighted by Gasteiger charge is -2.18. The van der Waals surface area contributed by atoms with Crippen LogP contribution in [0.2, 0.25) is 0 Å². The van der Waals surface area contributed by atoms with E-state index >= 15 is 0 Å². The van der Waals surface area contributed by atoms with Crippen LogP contribution in [0.5, 0.6) is 11.5 Å². The molecule has 0 radical (unpaired) electrons. The Morgan fingerprint density at radius 3 is 2.57 bits per heavy atom. The highest BCUT2D eigenvalue weighted by Crippen LogP contribution is 2.37. The summed E-state index contributed by atoms with van der Waals surface area (Å²) in [4.78, 5) is 11.8. The van der Waals surface area contributed by atoms with E-state index in [-0.39, 0.29) is 16.7 Å². The monoisotopic (exact) mass is 443 g/mol. The van der Waals surface area contributed by atoms with Crippen LogP contribution in [0.3, 0.4) is 0 Å². The van der Waals surface area contributed by atoms with Crippen molar-refractivity contribution in [1.29, 1.82) is 0 Å². The number of nitrogens with one attached hydrogen (secondary N) is 1. The van der Waals surface area contributed by atoms with Crippen molar-refractivity contribution in [2.45, 2.75) is 43.0 Å². The molecule has 1 N–H and O–H groups in total. The minimum Gasteiger partial charge on any atom is -0.493 e. The second-order valence-corrected chi connectivity index (χ2v) is 7.74. The summed E-state index contributed by atoms with van der Waals surface area (Å²) in [6, 6.07) is 5.75. The first kappa shape index (κ1) is 16.8. The zero-order valence-corrected chi connectivity index (χ0v) is 16.1. The van der Waals surface area contributed by atoms with Crippen molar-refractivity contribution in [2.24, 2.45) is 0 Å². The molecule has 0 saturated heterocycles. The largest absolute Gasteiger partial charge is 0.493 e. The molecule has 1 aromatic rings. The van der Waals surface area contributed by atoms with Crippen LogP contribution in [0, 0.1) is 0 Å². The molecule has 1 saturated carbocycles. The summed E-state index contributed by atoms with van der Waals surface area (Å²) < 4.78 is 12.1. The number of rotatable bonds is 5. The molecule has 124 valence electrons. The number of carbonyl (C=O) groups is 1. The smallest absolute Gasteiger partial charge is 0.173 e. The molecular weight excluding hydrogens is 426 g/mol. The lowest BCUT2D eigenvalue weighted by atomic mass is 10.2. The van der Waals surface area contributed by atoms with Crippen molar-refractivity contribution in [3.63, 3.8) is 0 Å². The highest BCUT2D eigenvalue weighted by atomic mass is 79.9. The predicted molar refractivity (Wildman–Crippen MR) is 97.8 cm³/mol. The van der Waals surface area contributed by atoms with Gasteiger partial charge in [-0.1, -0.05) is 15.9 Å². The Hall–Kier alpha value is -1.01. The second-order valence-electron chi connectivity index (χ2n) is 5.84. The summed E-state index contributed by atoms with van der Waals surface area (Å²) >= 11 is 6.90. The number of halogens is 2. The topological polar surface area (TPSA) is 47.6 Å². The number of anilines is 1. The van der Waals surface area contributed by atoms with Gasteiger partial charge in [0, 0.05) is 23.9 Å². The van der Waals surface area contributed by atoms with Crippen molar-refractivity contribution >= 4 is 43.3 Å². The number of hydrogen-bond acceptors (Lipinski definition) is 4. The van der Waals surface area contributed by atoms with Gasteiger partial charge in [0.25, 0.3) is 0 Å². The number of ketones is 1. The Morgan fingerprint density at radius 2 is 1.96 bits per heavy atom. The molecule has 0 amide bonds. The molecule has 0 aromatic heterocycles. The summed E-state index contributed by atoms with van der Waals surface area (Å²) in [7, 11) is 1.65. The quantitative estimate of drug-likeness (QED) is 0.664. The van der Waals surface area contributed by atoms with E-state index in [9.17, 15) is 4.79 Å². The Labute approximate surface area is 152 Å². The van der Waals surface area contributed by atoms with E-state index < -0.39 is 0 Å². The molecule has 4 nitrogen and oxygen atoms in total. The first-order valence-corrected chi connectivity index (χ1v) is 9.48. The molecule has 1 fully saturated rings. The van der Waals surface area contributed by atoms with Gasteiger partial charge in [0.2, 0.25) is 0 Å². The number of carbonyl (C=O) groups excluding carboxylic acids is 1. The van der Waals surface area contributed by atoms with Gasteiger partial charge >= 0.3 is 0 Å². The molecule has 23 heavy (non-hydrogen) atoms. The molecule has 0 aliphatic heterocycles. The van der Waals surface area contributed by atoms with E-state index in [0.717, 1.165) is 35.7 Å². The number of allylic oxidation sites excluding steroid dienone is 2. The lowest BCUT2D eigenvalue weighted by molar-refractivity contribution is -0.114. The Kier molecular flexibility index (Phi) is 5.31. The molecule has 1 aromatic carbocycles. The maximum absolute atomic E-state index is 11.8. The normalized spacial score (nSPS) is 21.9. The van der Waals surface area contributed by atoms with Crippen LogP contribution in [0.4, 0.5) is 5.69 Å². The SMILES string of the molecule is COc1ccc(NC2=C(Br)C(=O)CC2Br)cc1OC1CCCC1. The zero-order valence-electron chi connectivity index (χ0n) is 12.9. The van der Waals surface area contributed by atoms with Crippen molar-refractivity contribution in [1.82, 2.24) is 0 Å². The summed E-state index contributed by atoms with van der Waals surface area (Å²) in [6.45, 7) is 0. The maximum Gasteiger partial charge on any atom is 0.173 e. The van der Waals surface area contributed by atoms with E-state index in [0.29, 0.717) is 10.9 Å². The number of hydrogen-bond donors (Lipinski definition) is 1. The van der Waals surface area contributed by atoms with Crippen LogP contribution in [0.25, 0.3) is 0 Å². The molecule has 3 rings (SSSR count). The minimum atomic E-state index is 0.00526. The molecule has 0 heterocycles. The van der Waals surface area contributed by atoms with Gasteiger partial charge in [-0.15, -0.1) is 0 Å². The molecule has 2 aliphatic carbocycles. The highest BCUT2D eigenvalue weighted by molar-refractivity contribution is 9.12. The fourth-order valence-electron chi connectivity index (χ4n) is 2.96. The van der Waals surface area contributed by atoms with Gasteiger partial charge in [-0.05, 0) is 53.7 Å². The lowest BCUT2D eigenvalue weighted by Crippen LogP contribution is -2.12. The van der Waals surface area contributed by atoms with Crippen molar-refractivity contribution in [3.8, 4) is 11.5 Å². The van der Waals surface area contributed by atoms with Crippen LogP contribution in [-0.2, 0) is 4.79 Å². The Morgan fingerprint density at radius 1 is 1.22 bits per heavy atom. The summed E-state index contributed by atoms with van der Waals surface area (Å²) in [5, 5.41) is 3.32. The van der Waals surface area contributed by atoms with Crippen LogP contribution >= 0.6 is 31.9 Å². The van der Waals surface area contributed by atoms with E-state index in [2.05, 4.69) is 37.2 Å². The average Bonchev–Trinajstić information content (AvgIpc) is 3.12. The number of benzene rings is 1. The fourth-order valence-corrected chi connectivity index (χ4v) is 4.45. The molecule has 1 unspecified atom stereocenters. The van der Waals surface area contributed by atoms with Crippen molar-refractivity contribution in [3.05, 3.63) is 28.4 Å². The molecule has 1 atom stereocenters. The first-order chi connectivity index (χ1) is 11.1. The number of methoxy groups -OCH3 is 1. The van der Waals surface area contributed by atoms with Crippen molar-refractivity contribution in [2.75, 3.05) is 12.4 Å². The third kappa shape index (κ3) is 3.74. The van der Waals surface area contributed by atoms with Gasteiger partial charge in [0.1, 0.15) is 0 Å². The van der Waals surface area contributed by atoms with Crippen LogP contribution in [0.15, 0.2) is 28.4 Å². The Bertz CT molecular complexity index is 639. The van der Waals surface area contributed by atoms with E-state index in [4.69, 9.17) is 9.47 Å². The third-order valence-electron chi connectivity index (χ3n) is 4.20. The summed E-state index contributed by atoms with van der Waals surface area (Å²) in [5.41, 5.74) is 1.73. The highest BCUT2D eigenvalue weighted by Gasteiger charge is 2.29. The van der Waals surface area contributed by atoms with Crippen molar-refractivity contribution < 1.29 is 14.3 Å². The fraction of sp³-hybridized carbons (Fsp3) is 0.471. The van der Waals surface area contributed by atoms with Gasteiger partial charge in [0.15, 0.2) is 17.3 Å². The molecule has 2 aliphatic rings. The first-order valence-electron chi connectivity index (χ1n) is 7.77. The van der Waals surface area contributed by atoms with Gasteiger partial charge in [0.05, 0.1) is 22.5 Å². The van der Waals surface area contributed by atoms with Crippen LogP contribution < -0.4 is 14.8 Å². The average molecular weight is 445 g/mol. The van der Waals surface area contributed by atoms with Crippen LogP contribution in [0.1, 0.15) is 32.1 Å². The second kappa shape index (κ2) is 7.26. The van der Waals surface area contributed by atoms with E-state index in [1.165, 1.54) is 12.8 Å². The van der Waals surface area contributed by atoms with E-state index in [1.807, 2.05) is 18.2 Å². The third-order valence-corrected chi connectivity index (χ3v) is 5.85. The standard InChI is InChI=1S/C17H19Br2NO3/c1-22-14-7-6-10(8-15(14)23-11-4-2-3-5-11)20-17-12(18)9-13(21)16(17)19/h6-8,11-12,20H,2-5,9H2,1H3. The molecule has 0 spiro atoms. The summed E-state index contributed by atoms with van der Waals surface area (Å²) in [6.07, 6.45) is 5.35. The molecule has 6 heteroatoms. The molecule has 0 bridgehead atoms. The number of alkyl halides is 1. The number of ether oxygens (including phenoxy) is 2. The van der Waals surface area contributed by atoms with Gasteiger partial charge < -0.3 is 14.8 Å². The zero-order chi connectivity index (χ0) is 16.4. The van der Waals surface area contributed by atoms with Gasteiger partial charge in [-0.3, -0.25) is 4.79 Å². The number of Topliss-reactive ketones (excluding diaryl/α,β-unsaturated/α-hetero) is 1. The predicted octanol–water partition coefficient (Wildman–Crippen LogP) is 4.77.